The molecule has 2 rings (SSSR count). The zero-order valence-electron chi connectivity index (χ0n) is 13.5. The number of nitrogens with zero attached hydrogens (tertiary/aromatic N) is 1. The van der Waals surface area contributed by atoms with Crippen molar-refractivity contribution in [3.05, 3.63) is 52.2 Å². The average molecular weight is 302 g/mol. The normalized spacial score (nSPS) is 13.9. The van der Waals surface area contributed by atoms with Crippen LogP contribution in [0.3, 0.4) is 0 Å². The number of hydrogen-bond acceptors (Lipinski definition) is 3. The van der Waals surface area contributed by atoms with Crippen molar-refractivity contribution in [3.63, 3.8) is 0 Å². The quantitative estimate of drug-likeness (QED) is 0.773. The minimum Gasteiger partial charge on any atom is -0.378 e. The van der Waals surface area contributed by atoms with Gasteiger partial charge in [-0.2, -0.15) is 0 Å². The fourth-order valence-electron chi connectivity index (χ4n) is 2.55. The molecule has 0 aliphatic heterocycles. The number of benzene rings is 1. The second-order valence-electron chi connectivity index (χ2n) is 5.73. The van der Waals surface area contributed by atoms with Crippen LogP contribution in [0.15, 0.2) is 41.8 Å². The second-order valence-corrected chi connectivity index (χ2v) is 6.71. The summed E-state index contributed by atoms with van der Waals surface area (Å²) in [7, 11) is 4.15. The molecular weight excluding hydrogens is 276 g/mol. The van der Waals surface area contributed by atoms with Crippen molar-refractivity contribution >= 4 is 17.0 Å². The lowest BCUT2D eigenvalue weighted by Gasteiger charge is -2.23. The number of thiophene rings is 1. The molecule has 2 unspecified atom stereocenters. The van der Waals surface area contributed by atoms with Crippen LogP contribution in [-0.4, -0.2) is 14.1 Å². The molecule has 0 saturated heterocycles. The first-order chi connectivity index (χ1) is 10.1. The van der Waals surface area contributed by atoms with E-state index in [1.165, 1.54) is 29.0 Å². The second kappa shape index (κ2) is 7.62. The highest BCUT2D eigenvalue weighted by Gasteiger charge is 2.15. The van der Waals surface area contributed by atoms with Gasteiger partial charge in [-0.1, -0.05) is 31.5 Å². The van der Waals surface area contributed by atoms with Crippen molar-refractivity contribution in [2.24, 2.45) is 0 Å². The minimum absolute atomic E-state index is 0.361. The number of anilines is 1. The van der Waals surface area contributed by atoms with Crippen molar-refractivity contribution in [1.29, 1.82) is 0 Å². The molecule has 1 aromatic heterocycles. The first kappa shape index (κ1) is 16.1. The van der Waals surface area contributed by atoms with Crippen molar-refractivity contribution in [1.82, 2.24) is 5.32 Å². The summed E-state index contributed by atoms with van der Waals surface area (Å²) in [5, 5.41) is 5.94. The van der Waals surface area contributed by atoms with Crippen LogP contribution in [0.25, 0.3) is 0 Å². The molecule has 1 N–H and O–H groups in total. The summed E-state index contributed by atoms with van der Waals surface area (Å²) in [6.07, 6.45) is 2.38. The molecule has 0 spiro atoms. The van der Waals surface area contributed by atoms with Gasteiger partial charge in [0.15, 0.2) is 0 Å². The lowest BCUT2D eigenvalue weighted by atomic mass is 10.0. The standard InChI is InChI=1S/C18H26N2S/c1-5-7-17(18-8-6-13-21-18)19-14(2)15-9-11-16(12-10-15)20(3)4/h6,8-14,17,19H,5,7H2,1-4H3. The summed E-state index contributed by atoms with van der Waals surface area (Å²) < 4.78 is 0. The van der Waals surface area contributed by atoms with E-state index >= 15 is 0 Å². The average Bonchev–Trinajstić information content (AvgIpc) is 3.01. The molecule has 0 fully saturated rings. The third-order valence-electron chi connectivity index (χ3n) is 3.82. The van der Waals surface area contributed by atoms with Gasteiger partial charge >= 0.3 is 0 Å². The molecule has 21 heavy (non-hydrogen) atoms. The van der Waals surface area contributed by atoms with Gasteiger partial charge in [-0.3, -0.25) is 0 Å². The molecule has 2 atom stereocenters. The SMILES string of the molecule is CCCC(NC(C)c1ccc(N(C)C)cc1)c1cccs1. The van der Waals surface area contributed by atoms with Crippen LogP contribution in [0.2, 0.25) is 0 Å². The van der Waals surface area contributed by atoms with Gasteiger partial charge in [-0.25, -0.2) is 0 Å². The summed E-state index contributed by atoms with van der Waals surface area (Å²) in [4.78, 5) is 3.57. The summed E-state index contributed by atoms with van der Waals surface area (Å²) in [5.74, 6) is 0. The molecule has 0 aliphatic carbocycles. The minimum atomic E-state index is 0.361. The van der Waals surface area contributed by atoms with Crippen LogP contribution in [0.5, 0.6) is 0 Å². The third-order valence-corrected chi connectivity index (χ3v) is 4.81. The third kappa shape index (κ3) is 4.32. The van der Waals surface area contributed by atoms with Gasteiger partial charge < -0.3 is 10.2 Å². The van der Waals surface area contributed by atoms with Crippen LogP contribution in [0.1, 0.15) is 49.2 Å². The molecule has 114 valence electrons. The molecule has 3 heteroatoms. The molecular formula is C18H26N2S. The van der Waals surface area contributed by atoms with Crippen LogP contribution in [0.4, 0.5) is 5.69 Å². The summed E-state index contributed by atoms with van der Waals surface area (Å²) >= 11 is 1.85. The predicted molar refractivity (Wildman–Crippen MR) is 94.3 cm³/mol. The molecule has 0 aliphatic rings. The van der Waals surface area contributed by atoms with E-state index in [2.05, 4.69) is 79.9 Å². The first-order valence-electron chi connectivity index (χ1n) is 7.68. The van der Waals surface area contributed by atoms with Gasteiger partial charge in [0, 0.05) is 36.7 Å². The van der Waals surface area contributed by atoms with E-state index in [0.29, 0.717) is 12.1 Å². The Hall–Kier alpha value is -1.32. The zero-order valence-corrected chi connectivity index (χ0v) is 14.3. The Morgan fingerprint density at radius 3 is 2.38 bits per heavy atom. The van der Waals surface area contributed by atoms with E-state index in [-0.39, 0.29) is 0 Å². The van der Waals surface area contributed by atoms with E-state index in [0.717, 1.165) is 0 Å². The number of rotatable bonds is 7. The Morgan fingerprint density at radius 2 is 1.86 bits per heavy atom. The largest absolute Gasteiger partial charge is 0.378 e. The maximum Gasteiger partial charge on any atom is 0.0419 e. The lowest BCUT2D eigenvalue weighted by Crippen LogP contribution is -2.24. The van der Waals surface area contributed by atoms with Crippen LogP contribution < -0.4 is 10.2 Å². The Kier molecular flexibility index (Phi) is 5.83. The molecule has 2 nitrogen and oxygen atoms in total. The molecule has 0 bridgehead atoms. The predicted octanol–water partition coefficient (Wildman–Crippen LogP) is 5.01. The Labute approximate surface area is 132 Å². The molecule has 1 heterocycles. The van der Waals surface area contributed by atoms with Gasteiger partial charge in [0.25, 0.3) is 0 Å². The topological polar surface area (TPSA) is 15.3 Å². The molecule has 2 aromatic rings. The van der Waals surface area contributed by atoms with Gasteiger partial charge in [-0.15, -0.1) is 11.3 Å². The molecule has 1 aromatic carbocycles. The lowest BCUT2D eigenvalue weighted by molar-refractivity contribution is 0.445. The van der Waals surface area contributed by atoms with Crippen molar-refractivity contribution in [2.75, 3.05) is 19.0 Å². The highest BCUT2D eigenvalue weighted by molar-refractivity contribution is 7.10. The van der Waals surface area contributed by atoms with Crippen LogP contribution in [-0.2, 0) is 0 Å². The number of nitrogens with one attached hydrogen (secondary N) is 1. The highest BCUT2D eigenvalue weighted by atomic mass is 32.1. The van der Waals surface area contributed by atoms with Crippen LogP contribution in [0, 0.1) is 0 Å². The maximum atomic E-state index is 3.78. The Balaban J connectivity index is 2.06. The summed E-state index contributed by atoms with van der Waals surface area (Å²) in [6, 6.07) is 14.0. The molecule has 0 saturated carbocycles. The van der Waals surface area contributed by atoms with E-state index in [1.54, 1.807) is 0 Å². The monoisotopic (exact) mass is 302 g/mol. The smallest absolute Gasteiger partial charge is 0.0419 e. The van der Waals surface area contributed by atoms with Gasteiger partial charge in [0.1, 0.15) is 0 Å². The van der Waals surface area contributed by atoms with Gasteiger partial charge in [0.05, 0.1) is 0 Å². The molecule has 0 amide bonds. The highest BCUT2D eigenvalue weighted by Crippen LogP contribution is 2.27. The number of hydrogen-bond donors (Lipinski definition) is 1. The van der Waals surface area contributed by atoms with Crippen molar-refractivity contribution < 1.29 is 0 Å². The fraction of sp³-hybridized carbons (Fsp3) is 0.444. The Morgan fingerprint density at radius 1 is 1.14 bits per heavy atom. The van der Waals surface area contributed by atoms with Crippen LogP contribution >= 0.6 is 11.3 Å². The molecule has 0 radical (unpaired) electrons. The van der Waals surface area contributed by atoms with Crippen molar-refractivity contribution in [3.8, 4) is 0 Å². The van der Waals surface area contributed by atoms with Crippen molar-refractivity contribution in [2.45, 2.75) is 38.8 Å². The van der Waals surface area contributed by atoms with E-state index in [4.69, 9.17) is 0 Å². The van der Waals surface area contributed by atoms with Gasteiger partial charge in [0.2, 0.25) is 0 Å². The van der Waals surface area contributed by atoms with E-state index in [9.17, 15) is 0 Å². The first-order valence-corrected chi connectivity index (χ1v) is 8.56. The maximum absolute atomic E-state index is 3.78. The summed E-state index contributed by atoms with van der Waals surface area (Å²) in [6.45, 7) is 4.50. The van der Waals surface area contributed by atoms with E-state index in [1.807, 2.05) is 11.3 Å². The zero-order chi connectivity index (χ0) is 15.2. The Bertz CT molecular complexity index is 517. The van der Waals surface area contributed by atoms with E-state index < -0.39 is 0 Å². The summed E-state index contributed by atoms with van der Waals surface area (Å²) in [5.41, 5.74) is 2.59. The van der Waals surface area contributed by atoms with Gasteiger partial charge in [-0.05, 0) is 42.5 Å². The fourth-order valence-corrected chi connectivity index (χ4v) is 3.37.